The van der Waals surface area contributed by atoms with Gasteiger partial charge in [0.1, 0.15) is 12.1 Å². The molecule has 3 rings (SSSR count). The Bertz CT molecular complexity index is 1030. The van der Waals surface area contributed by atoms with Gasteiger partial charge in [-0.3, -0.25) is 4.79 Å². The molecule has 164 valence electrons. The molecule has 0 saturated heterocycles. The van der Waals surface area contributed by atoms with Crippen molar-refractivity contribution in [2.75, 3.05) is 31.5 Å². The van der Waals surface area contributed by atoms with Gasteiger partial charge in [-0.05, 0) is 36.1 Å². The second kappa shape index (κ2) is 10.8. The zero-order chi connectivity index (χ0) is 22.2. The standard InChI is InChI=1S/C23H27ClN4O3/c1-15(13-25-16(2)29)17-5-7-18(8-6-17)28-23-19-11-22(31-10-4-9-24)21(30-3)12-20(19)26-14-27-23/h5-8,11-12,14-15H,4,9-10,13H2,1-3H3,(H,25,29)(H,26,27,28). The molecular weight excluding hydrogens is 416 g/mol. The quantitative estimate of drug-likeness (QED) is 0.351. The number of anilines is 2. The van der Waals surface area contributed by atoms with Crippen molar-refractivity contribution in [3.63, 3.8) is 0 Å². The number of fused-ring (bicyclic) bond motifs is 1. The summed E-state index contributed by atoms with van der Waals surface area (Å²) < 4.78 is 11.3. The van der Waals surface area contributed by atoms with Gasteiger partial charge < -0.3 is 20.1 Å². The number of nitrogens with zero attached hydrogens (tertiary/aromatic N) is 2. The summed E-state index contributed by atoms with van der Waals surface area (Å²) in [6.07, 6.45) is 2.26. The van der Waals surface area contributed by atoms with Crippen molar-refractivity contribution in [2.45, 2.75) is 26.2 Å². The lowest BCUT2D eigenvalue weighted by Gasteiger charge is -2.15. The first-order valence-corrected chi connectivity index (χ1v) is 10.7. The fraction of sp³-hybridized carbons (Fsp3) is 0.348. The first-order valence-electron chi connectivity index (χ1n) is 10.1. The number of carbonyl (C=O) groups excluding carboxylic acids is 1. The number of hydrogen-bond acceptors (Lipinski definition) is 6. The van der Waals surface area contributed by atoms with E-state index in [0.717, 1.165) is 28.6 Å². The summed E-state index contributed by atoms with van der Waals surface area (Å²) in [5.41, 5.74) is 2.79. The smallest absolute Gasteiger partial charge is 0.216 e. The summed E-state index contributed by atoms with van der Waals surface area (Å²) in [4.78, 5) is 19.9. The maximum absolute atomic E-state index is 11.1. The molecule has 8 heteroatoms. The van der Waals surface area contributed by atoms with Crippen molar-refractivity contribution >= 4 is 39.9 Å². The Labute approximate surface area is 187 Å². The van der Waals surface area contributed by atoms with Crippen LogP contribution in [-0.4, -0.2) is 42.0 Å². The predicted molar refractivity (Wildman–Crippen MR) is 124 cm³/mol. The van der Waals surface area contributed by atoms with E-state index in [1.54, 1.807) is 7.11 Å². The van der Waals surface area contributed by atoms with Gasteiger partial charge in [-0.1, -0.05) is 19.1 Å². The Hall–Kier alpha value is -3.06. The van der Waals surface area contributed by atoms with E-state index in [0.29, 0.717) is 36.3 Å². The summed E-state index contributed by atoms with van der Waals surface area (Å²) in [5, 5.41) is 7.03. The monoisotopic (exact) mass is 442 g/mol. The Morgan fingerprint density at radius 1 is 1.16 bits per heavy atom. The molecule has 0 radical (unpaired) electrons. The summed E-state index contributed by atoms with van der Waals surface area (Å²) in [7, 11) is 1.60. The molecule has 3 aromatic rings. The number of alkyl halides is 1. The number of halogens is 1. The number of carbonyl (C=O) groups is 1. The molecule has 2 N–H and O–H groups in total. The van der Waals surface area contributed by atoms with E-state index in [1.165, 1.54) is 13.3 Å². The molecule has 1 aromatic heterocycles. The van der Waals surface area contributed by atoms with Crippen LogP contribution in [0.1, 0.15) is 31.7 Å². The molecule has 0 aliphatic rings. The summed E-state index contributed by atoms with van der Waals surface area (Å²) in [6.45, 7) is 4.71. The zero-order valence-corrected chi connectivity index (χ0v) is 18.7. The number of aromatic nitrogens is 2. The maximum Gasteiger partial charge on any atom is 0.216 e. The van der Waals surface area contributed by atoms with Crippen LogP contribution in [0, 0.1) is 0 Å². The van der Waals surface area contributed by atoms with Crippen LogP contribution in [-0.2, 0) is 4.79 Å². The molecule has 0 aliphatic heterocycles. The SMILES string of the molecule is COc1cc2ncnc(Nc3ccc(C(C)CNC(C)=O)cc3)c2cc1OCCCCl. The Balaban J connectivity index is 1.82. The van der Waals surface area contributed by atoms with E-state index in [9.17, 15) is 4.79 Å². The fourth-order valence-electron chi connectivity index (χ4n) is 3.12. The number of methoxy groups -OCH3 is 1. The zero-order valence-electron chi connectivity index (χ0n) is 17.9. The Kier molecular flexibility index (Phi) is 7.89. The van der Waals surface area contributed by atoms with Gasteiger partial charge >= 0.3 is 0 Å². The van der Waals surface area contributed by atoms with Crippen LogP contribution in [0.5, 0.6) is 11.5 Å². The largest absolute Gasteiger partial charge is 0.493 e. The van der Waals surface area contributed by atoms with Gasteiger partial charge in [-0.2, -0.15) is 0 Å². The fourth-order valence-corrected chi connectivity index (χ4v) is 3.23. The van der Waals surface area contributed by atoms with E-state index in [1.807, 2.05) is 36.4 Å². The van der Waals surface area contributed by atoms with Crippen LogP contribution in [0.2, 0.25) is 0 Å². The average Bonchev–Trinajstić information content (AvgIpc) is 2.78. The van der Waals surface area contributed by atoms with Crippen molar-refractivity contribution < 1.29 is 14.3 Å². The van der Waals surface area contributed by atoms with Gasteiger partial charge in [0.2, 0.25) is 5.91 Å². The van der Waals surface area contributed by atoms with Gasteiger partial charge in [0.25, 0.3) is 0 Å². The average molecular weight is 443 g/mol. The van der Waals surface area contributed by atoms with Crippen molar-refractivity contribution in [1.82, 2.24) is 15.3 Å². The first kappa shape index (κ1) is 22.6. The summed E-state index contributed by atoms with van der Waals surface area (Å²) >= 11 is 5.75. The molecule has 2 aromatic carbocycles. The van der Waals surface area contributed by atoms with Crippen molar-refractivity contribution in [3.05, 3.63) is 48.3 Å². The highest BCUT2D eigenvalue weighted by atomic mass is 35.5. The molecule has 7 nitrogen and oxygen atoms in total. The maximum atomic E-state index is 11.1. The lowest BCUT2D eigenvalue weighted by molar-refractivity contribution is -0.119. The number of ether oxygens (including phenoxy) is 2. The molecule has 1 amide bonds. The number of hydrogen-bond donors (Lipinski definition) is 2. The van der Waals surface area contributed by atoms with Crippen LogP contribution >= 0.6 is 11.6 Å². The lowest BCUT2D eigenvalue weighted by atomic mass is 10.0. The second-order valence-electron chi connectivity index (χ2n) is 7.22. The van der Waals surface area contributed by atoms with Gasteiger partial charge in [-0.25, -0.2) is 9.97 Å². The molecular formula is C23H27ClN4O3. The predicted octanol–water partition coefficient (Wildman–Crippen LogP) is 4.63. The molecule has 0 saturated carbocycles. The molecule has 31 heavy (non-hydrogen) atoms. The number of benzene rings is 2. The van der Waals surface area contributed by atoms with Crippen molar-refractivity contribution in [3.8, 4) is 11.5 Å². The third-order valence-corrected chi connectivity index (χ3v) is 5.12. The van der Waals surface area contributed by atoms with Crippen LogP contribution in [0.15, 0.2) is 42.7 Å². The van der Waals surface area contributed by atoms with E-state index in [2.05, 4.69) is 27.5 Å². The van der Waals surface area contributed by atoms with Crippen LogP contribution in [0.3, 0.4) is 0 Å². The summed E-state index contributed by atoms with van der Waals surface area (Å²) in [6, 6.07) is 11.8. The Morgan fingerprint density at radius 3 is 2.61 bits per heavy atom. The van der Waals surface area contributed by atoms with Gasteiger partial charge in [0, 0.05) is 36.5 Å². The third kappa shape index (κ3) is 5.98. The highest BCUT2D eigenvalue weighted by Gasteiger charge is 2.12. The number of nitrogens with one attached hydrogen (secondary N) is 2. The minimum Gasteiger partial charge on any atom is -0.493 e. The van der Waals surface area contributed by atoms with Gasteiger partial charge in [0.15, 0.2) is 11.5 Å². The van der Waals surface area contributed by atoms with E-state index in [4.69, 9.17) is 21.1 Å². The molecule has 1 heterocycles. The van der Waals surface area contributed by atoms with E-state index >= 15 is 0 Å². The molecule has 0 bridgehead atoms. The molecule has 0 aliphatic carbocycles. The second-order valence-corrected chi connectivity index (χ2v) is 7.60. The van der Waals surface area contributed by atoms with E-state index < -0.39 is 0 Å². The highest BCUT2D eigenvalue weighted by molar-refractivity contribution is 6.17. The van der Waals surface area contributed by atoms with Crippen molar-refractivity contribution in [2.24, 2.45) is 0 Å². The molecule has 0 spiro atoms. The number of amides is 1. The third-order valence-electron chi connectivity index (χ3n) is 4.86. The summed E-state index contributed by atoms with van der Waals surface area (Å²) in [5.74, 6) is 2.64. The normalized spacial score (nSPS) is 11.7. The first-order chi connectivity index (χ1) is 15.0. The minimum absolute atomic E-state index is 0.0246. The molecule has 1 unspecified atom stereocenters. The van der Waals surface area contributed by atoms with Crippen LogP contribution in [0.25, 0.3) is 10.9 Å². The van der Waals surface area contributed by atoms with Crippen LogP contribution < -0.4 is 20.1 Å². The topological polar surface area (TPSA) is 85.4 Å². The minimum atomic E-state index is -0.0246. The van der Waals surface area contributed by atoms with Gasteiger partial charge in [-0.15, -0.1) is 11.6 Å². The van der Waals surface area contributed by atoms with E-state index in [-0.39, 0.29) is 11.8 Å². The molecule has 0 fully saturated rings. The number of rotatable bonds is 10. The molecule has 1 atom stereocenters. The van der Waals surface area contributed by atoms with Crippen molar-refractivity contribution in [1.29, 1.82) is 0 Å². The highest BCUT2D eigenvalue weighted by Crippen LogP contribution is 2.35. The lowest BCUT2D eigenvalue weighted by Crippen LogP contribution is -2.24. The van der Waals surface area contributed by atoms with Gasteiger partial charge in [0.05, 0.1) is 19.2 Å². The Morgan fingerprint density at radius 2 is 1.94 bits per heavy atom. The van der Waals surface area contributed by atoms with Crippen LogP contribution in [0.4, 0.5) is 11.5 Å².